The molecule has 2 heterocycles. The molecule has 0 aliphatic carbocycles. The number of halogens is 1. The van der Waals surface area contributed by atoms with E-state index in [1.807, 2.05) is 13.8 Å². The highest BCUT2D eigenvalue weighted by Crippen LogP contribution is 2.18. The van der Waals surface area contributed by atoms with Crippen LogP contribution in [0.3, 0.4) is 0 Å². The van der Waals surface area contributed by atoms with Gasteiger partial charge in [-0.1, -0.05) is 11.6 Å². The van der Waals surface area contributed by atoms with E-state index >= 15 is 0 Å². The van der Waals surface area contributed by atoms with Crippen LogP contribution in [-0.4, -0.2) is 24.9 Å². The van der Waals surface area contributed by atoms with Crippen molar-refractivity contribution in [2.24, 2.45) is 0 Å². The highest BCUT2D eigenvalue weighted by atomic mass is 35.5. The summed E-state index contributed by atoms with van der Waals surface area (Å²) in [5.74, 6) is 0.745. The number of aliphatic hydroxyl groups is 1. The molecule has 0 aliphatic heterocycles. The first-order valence-electron chi connectivity index (χ1n) is 5.76. The summed E-state index contributed by atoms with van der Waals surface area (Å²) in [5.41, 5.74) is 0.581. The topological polar surface area (TPSA) is 63.8 Å². The van der Waals surface area contributed by atoms with E-state index in [1.54, 1.807) is 16.8 Å². The molecule has 0 fully saturated rings. The van der Waals surface area contributed by atoms with Gasteiger partial charge in [0, 0.05) is 18.7 Å². The van der Waals surface area contributed by atoms with Gasteiger partial charge in [-0.25, -0.2) is 9.67 Å². The average molecular weight is 267 g/mol. The number of aromatic nitrogens is 4. The van der Waals surface area contributed by atoms with E-state index in [9.17, 15) is 5.11 Å². The Morgan fingerprint density at radius 2 is 2.11 bits per heavy atom. The van der Waals surface area contributed by atoms with Crippen LogP contribution in [0.1, 0.15) is 37.5 Å². The van der Waals surface area contributed by atoms with Gasteiger partial charge in [0.05, 0.1) is 10.7 Å². The van der Waals surface area contributed by atoms with E-state index in [4.69, 9.17) is 11.6 Å². The molecule has 1 N–H and O–H groups in total. The van der Waals surface area contributed by atoms with E-state index in [0.717, 1.165) is 5.82 Å². The second-order valence-corrected chi connectivity index (χ2v) is 4.77. The van der Waals surface area contributed by atoms with Crippen molar-refractivity contribution in [3.05, 3.63) is 41.2 Å². The first kappa shape index (κ1) is 13.0. The number of nitrogens with zero attached hydrogens (tertiary/aromatic N) is 4. The van der Waals surface area contributed by atoms with Crippen molar-refractivity contribution in [3.63, 3.8) is 0 Å². The molecule has 0 spiro atoms. The zero-order valence-electron chi connectivity index (χ0n) is 10.3. The van der Waals surface area contributed by atoms with Crippen LogP contribution in [0.5, 0.6) is 0 Å². The van der Waals surface area contributed by atoms with E-state index in [-0.39, 0.29) is 6.04 Å². The molecular weight excluding hydrogens is 252 g/mol. The van der Waals surface area contributed by atoms with Crippen molar-refractivity contribution in [2.45, 2.75) is 32.4 Å². The highest BCUT2D eigenvalue weighted by Gasteiger charge is 2.15. The Kier molecular flexibility index (Phi) is 3.93. The van der Waals surface area contributed by atoms with Crippen LogP contribution in [0.25, 0.3) is 0 Å². The minimum absolute atomic E-state index is 0.216. The summed E-state index contributed by atoms with van der Waals surface area (Å²) >= 11 is 5.76. The summed E-state index contributed by atoms with van der Waals surface area (Å²) in [6, 6.07) is 3.64. The normalized spacial score (nSPS) is 12.9. The predicted molar refractivity (Wildman–Crippen MR) is 68.3 cm³/mol. The van der Waals surface area contributed by atoms with Gasteiger partial charge in [-0.15, -0.1) is 0 Å². The van der Waals surface area contributed by atoms with Crippen molar-refractivity contribution in [2.75, 3.05) is 0 Å². The van der Waals surface area contributed by atoms with Crippen molar-refractivity contribution < 1.29 is 5.11 Å². The number of rotatable bonds is 4. The first-order chi connectivity index (χ1) is 8.58. The molecule has 96 valence electrons. The molecule has 1 atom stereocenters. The lowest BCUT2D eigenvalue weighted by molar-refractivity contribution is 0.168. The van der Waals surface area contributed by atoms with Gasteiger partial charge in [-0.05, 0) is 26.0 Å². The molecule has 5 nitrogen and oxygen atoms in total. The molecule has 2 rings (SSSR count). The van der Waals surface area contributed by atoms with Gasteiger partial charge < -0.3 is 5.11 Å². The number of pyridine rings is 1. The van der Waals surface area contributed by atoms with Crippen molar-refractivity contribution in [1.82, 2.24) is 19.7 Å². The molecule has 0 bridgehead atoms. The average Bonchev–Trinajstić information content (AvgIpc) is 2.78. The Hall–Kier alpha value is -1.46. The van der Waals surface area contributed by atoms with Crippen LogP contribution >= 0.6 is 11.6 Å². The van der Waals surface area contributed by atoms with Crippen LogP contribution in [0.15, 0.2) is 24.7 Å². The lowest BCUT2D eigenvalue weighted by Crippen LogP contribution is -2.12. The van der Waals surface area contributed by atoms with Gasteiger partial charge in [0.2, 0.25) is 0 Å². The molecule has 1 unspecified atom stereocenters. The minimum atomic E-state index is -0.705. The summed E-state index contributed by atoms with van der Waals surface area (Å²) in [4.78, 5) is 8.25. The fourth-order valence-corrected chi connectivity index (χ4v) is 1.83. The minimum Gasteiger partial charge on any atom is -0.386 e. The number of hydrogen-bond acceptors (Lipinski definition) is 4. The van der Waals surface area contributed by atoms with Crippen molar-refractivity contribution in [3.8, 4) is 0 Å². The van der Waals surface area contributed by atoms with Crippen LogP contribution in [-0.2, 0) is 6.42 Å². The standard InChI is InChI=1S/C12H15ClN4O/c1-8(2)17-12(15-7-16-17)5-11(18)10-4-3-9(13)6-14-10/h3-4,6-8,11,18H,5H2,1-2H3. The largest absolute Gasteiger partial charge is 0.386 e. The van der Waals surface area contributed by atoms with Gasteiger partial charge in [-0.3, -0.25) is 4.98 Å². The third kappa shape index (κ3) is 2.86. The maximum Gasteiger partial charge on any atom is 0.138 e. The molecule has 2 aromatic heterocycles. The maximum absolute atomic E-state index is 10.1. The second kappa shape index (κ2) is 5.46. The van der Waals surface area contributed by atoms with E-state index in [1.165, 1.54) is 12.5 Å². The molecule has 0 radical (unpaired) electrons. The van der Waals surface area contributed by atoms with Crippen LogP contribution in [0, 0.1) is 0 Å². The number of hydrogen-bond donors (Lipinski definition) is 1. The molecule has 0 saturated carbocycles. The SMILES string of the molecule is CC(C)n1ncnc1CC(O)c1ccc(Cl)cn1. The summed E-state index contributed by atoms with van der Waals surface area (Å²) in [6.07, 6.45) is 2.70. The van der Waals surface area contributed by atoms with Crippen molar-refractivity contribution in [1.29, 1.82) is 0 Å². The van der Waals surface area contributed by atoms with E-state index < -0.39 is 6.10 Å². The Bertz CT molecular complexity index is 509. The quantitative estimate of drug-likeness (QED) is 0.921. The Morgan fingerprint density at radius 3 is 2.72 bits per heavy atom. The summed E-state index contributed by atoms with van der Waals surface area (Å²) in [6.45, 7) is 4.04. The molecule has 2 aromatic rings. The van der Waals surface area contributed by atoms with Gasteiger partial charge >= 0.3 is 0 Å². The third-order valence-electron chi connectivity index (χ3n) is 2.60. The Balaban J connectivity index is 2.13. The zero-order chi connectivity index (χ0) is 13.1. The molecule has 0 aromatic carbocycles. The molecule has 6 heteroatoms. The lowest BCUT2D eigenvalue weighted by atomic mass is 10.1. The lowest BCUT2D eigenvalue weighted by Gasteiger charge is -2.12. The predicted octanol–water partition coefficient (Wildman–Crippen LogP) is 2.18. The van der Waals surface area contributed by atoms with Gasteiger partial charge in [0.15, 0.2) is 0 Å². The summed E-state index contributed by atoms with van der Waals surface area (Å²) < 4.78 is 1.79. The molecule has 0 amide bonds. The maximum atomic E-state index is 10.1. The number of aliphatic hydroxyl groups excluding tert-OH is 1. The fourth-order valence-electron chi connectivity index (χ4n) is 1.71. The van der Waals surface area contributed by atoms with Crippen LogP contribution < -0.4 is 0 Å². The Morgan fingerprint density at radius 1 is 1.33 bits per heavy atom. The van der Waals surface area contributed by atoms with Gasteiger partial charge in [0.25, 0.3) is 0 Å². The smallest absolute Gasteiger partial charge is 0.138 e. The summed E-state index contributed by atoms with van der Waals surface area (Å²) in [5, 5.41) is 14.8. The van der Waals surface area contributed by atoms with Crippen LogP contribution in [0.4, 0.5) is 0 Å². The van der Waals surface area contributed by atoms with E-state index in [0.29, 0.717) is 17.1 Å². The highest BCUT2D eigenvalue weighted by molar-refractivity contribution is 6.30. The van der Waals surface area contributed by atoms with Gasteiger partial charge in [-0.2, -0.15) is 5.10 Å². The van der Waals surface area contributed by atoms with Gasteiger partial charge in [0.1, 0.15) is 18.3 Å². The molecular formula is C12H15ClN4O. The molecule has 0 saturated heterocycles. The van der Waals surface area contributed by atoms with E-state index in [2.05, 4.69) is 15.1 Å². The monoisotopic (exact) mass is 266 g/mol. The summed E-state index contributed by atoms with van der Waals surface area (Å²) in [7, 11) is 0. The third-order valence-corrected chi connectivity index (χ3v) is 2.83. The molecule has 18 heavy (non-hydrogen) atoms. The fraction of sp³-hybridized carbons (Fsp3) is 0.417. The second-order valence-electron chi connectivity index (χ2n) is 4.34. The zero-order valence-corrected chi connectivity index (χ0v) is 11.0. The van der Waals surface area contributed by atoms with Crippen molar-refractivity contribution >= 4 is 11.6 Å². The Labute approximate surface area is 110 Å². The first-order valence-corrected chi connectivity index (χ1v) is 6.13. The molecule has 0 aliphatic rings. The van der Waals surface area contributed by atoms with Crippen LogP contribution in [0.2, 0.25) is 5.02 Å².